The summed E-state index contributed by atoms with van der Waals surface area (Å²) >= 11 is 0. The molecular formula is C17H22N2O. The van der Waals surface area contributed by atoms with Crippen LogP contribution in [0.25, 0.3) is 10.8 Å². The van der Waals surface area contributed by atoms with E-state index in [9.17, 15) is 4.79 Å². The van der Waals surface area contributed by atoms with Gasteiger partial charge < -0.3 is 10.6 Å². The van der Waals surface area contributed by atoms with Crippen LogP contribution in [0.2, 0.25) is 0 Å². The van der Waals surface area contributed by atoms with Crippen molar-refractivity contribution in [3.05, 3.63) is 48.0 Å². The van der Waals surface area contributed by atoms with E-state index < -0.39 is 0 Å². The van der Waals surface area contributed by atoms with E-state index >= 15 is 0 Å². The minimum atomic E-state index is 0.102. The lowest BCUT2D eigenvalue weighted by atomic mass is 10.00. The number of rotatable bonds is 6. The fraction of sp³-hybridized carbons (Fsp3) is 0.353. The van der Waals surface area contributed by atoms with Gasteiger partial charge in [-0.3, -0.25) is 4.79 Å². The van der Waals surface area contributed by atoms with Gasteiger partial charge in [0, 0.05) is 25.6 Å². The van der Waals surface area contributed by atoms with Gasteiger partial charge in [0.15, 0.2) is 0 Å². The molecule has 0 fully saturated rings. The smallest absolute Gasteiger partial charge is 0.221 e. The van der Waals surface area contributed by atoms with Crippen LogP contribution in [0, 0.1) is 0 Å². The second-order valence-electron chi connectivity index (χ2n) is 4.95. The number of hydrogen-bond acceptors (Lipinski definition) is 2. The molecule has 0 heterocycles. The molecule has 0 aliphatic rings. The summed E-state index contributed by atoms with van der Waals surface area (Å²) in [6, 6.07) is 15.0. The van der Waals surface area contributed by atoms with Crippen molar-refractivity contribution in [2.24, 2.45) is 0 Å². The number of carbonyl (C=O) groups is 1. The molecule has 0 aliphatic heterocycles. The zero-order valence-corrected chi connectivity index (χ0v) is 12.1. The average molecular weight is 270 g/mol. The summed E-state index contributed by atoms with van der Waals surface area (Å²) in [4.78, 5) is 11.4. The van der Waals surface area contributed by atoms with Crippen LogP contribution in [0.3, 0.4) is 0 Å². The zero-order valence-electron chi connectivity index (χ0n) is 12.1. The van der Waals surface area contributed by atoms with E-state index in [-0.39, 0.29) is 11.9 Å². The lowest BCUT2D eigenvalue weighted by Gasteiger charge is -2.16. The first kappa shape index (κ1) is 14.5. The molecule has 3 nitrogen and oxygen atoms in total. The van der Waals surface area contributed by atoms with E-state index in [0.717, 1.165) is 0 Å². The summed E-state index contributed by atoms with van der Waals surface area (Å²) in [6.07, 6.45) is 0.517. The average Bonchev–Trinajstić information content (AvgIpc) is 2.47. The largest absolute Gasteiger partial charge is 0.356 e. The monoisotopic (exact) mass is 270 g/mol. The molecule has 2 aromatic rings. The maximum atomic E-state index is 11.4. The van der Waals surface area contributed by atoms with Gasteiger partial charge in [0.25, 0.3) is 0 Å². The Hall–Kier alpha value is -1.87. The van der Waals surface area contributed by atoms with E-state index in [1.807, 2.05) is 6.92 Å². The normalized spacial score (nSPS) is 12.3. The lowest BCUT2D eigenvalue weighted by molar-refractivity contribution is -0.120. The molecule has 0 radical (unpaired) electrons. The number of nitrogens with one attached hydrogen (secondary N) is 2. The van der Waals surface area contributed by atoms with Gasteiger partial charge in [-0.1, -0.05) is 42.5 Å². The SMILES string of the molecule is CCNC(=O)CCNC(C)c1cccc2ccccc12. The highest BCUT2D eigenvalue weighted by Gasteiger charge is 2.09. The number of amides is 1. The Kier molecular flexibility index (Phi) is 5.13. The summed E-state index contributed by atoms with van der Waals surface area (Å²) in [6.45, 7) is 5.46. The number of fused-ring (bicyclic) bond motifs is 1. The molecule has 3 heteroatoms. The summed E-state index contributed by atoms with van der Waals surface area (Å²) in [5.74, 6) is 0.102. The first-order valence-electron chi connectivity index (χ1n) is 7.20. The van der Waals surface area contributed by atoms with Crippen LogP contribution in [0.5, 0.6) is 0 Å². The highest BCUT2D eigenvalue weighted by molar-refractivity contribution is 5.86. The maximum absolute atomic E-state index is 11.4. The second-order valence-corrected chi connectivity index (χ2v) is 4.95. The molecule has 2 rings (SSSR count). The third kappa shape index (κ3) is 3.58. The molecule has 0 saturated carbocycles. The lowest BCUT2D eigenvalue weighted by Crippen LogP contribution is -2.28. The first-order chi connectivity index (χ1) is 9.72. The van der Waals surface area contributed by atoms with Crippen LogP contribution in [-0.2, 0) is 4.79 Å². The van der Waals surface area contributed by atoms with Gasteiger partial charge in [0.1, 0.15) is 0 Å². The van der Waals surface area contributed by atoms with E-state index in [1.165, 1.54) is 16.3 Å². The quantitative estimate of drug-likeness (QED) is 0.847. The van der Waals surface area contributed by atoms with Crippen molar-refractivity contribution in [3.63, 3.8) is 0 Å². The van der Waals surface area contributed by atoms with Gasteiger partial charge in [-0.2, -0.15) is 0 Å². The predicted molar refractivity (Wildman–Crippen MR) is 83.7 cm³/mol. The molecule has 2 N–H and O–H groups in total. The van der Waals surface area contributed by atoms with E-state index in [1.54, 1.807) is 0 Å². The van der Waals surface area contributed by atoms with Crippen LogP contribution in [-0.4, -0.2) is 19.0 Å². The summed E-state index contributed by atoms with van der Waals surface area (Å²) in [7, 11) is 0. The third-order valence-electron chi connectivity index (χ3n) is 3.47. The topological polar surface area (TPSA) is 41.1 Å². The second kappa shape index (κ2) is 7.06. The first-order valence-corrected chi connectivity index (χ1v) is 7.20. The van der Waals surface area contributed by atoms with Gasteiger partial charge >= 0.3 is 0 Å². The standard InChI is InChI=1S/C17H22N2O/c1-3-18-17(20)11-12-19-13(2)15-10-6-8-14-7-4-5-9-16(14)15/h4-10,13,19H,3,11-12H2,1-2H3,(H,18,20). The number of carbonyl (C=O) groups excluding carboxylic acids is 1. The third-order valence-corrected chi connectivity index (χ3v) is 3.47. The maximum Gasteiger partial charge on any atom is 0.221 e. The molecule has 0 bridgehead atoms. The van der Waals surface area contributed by atoms with Crippen molar-refractivity contribution < 1.29 is 4.79 Å². The van der Waals surface area contributed by atoms with E-state index in [0.29, 0.717) is 19.5 Å². The highest BCUT2D eigenvalue weighted by atomic mass is 16.1. The Morgan fingerprint density at radius 3 is 2.70 bits per heavy atom. The highest BCUT2D eigenvalue weighted by Crippen LogP contribution is 2.23. The van der Waals surface area contributed by atoms with Crippen molar-refractivity contribution in [1.82, 2.24) is 10.6 Å². The van der Waals surface area contributed by atoms with Crippen molar-refractivity contribution >= 4 is 16.7 Å². The Morgan fingerprint density at radius 1 is 1.15 bits per heavy atom. The molecule has 2 aromatic carbocycles. The van der Waals surface area contributed by atoms with Crippen molar-refractivity contribution in [1.29, 1.82) is 0 Å². The minimum Gasteiger partial charge on any atom is -0.356 e. The summed E-state index contributed by atoms with van der Waals surface area (Å²) in [5, 5.41) is 8.75. The molecule has 20 heavy (non-hydrogen) atoms. The fourth-order valence-electron chi connectivity index (χ4n) is 2.43. The van der Waals surface area contributed by atoms with Gasteiger partial charge in [0.2, 0.25) is 5.91 Å². The Balaban J connectivity index is 2.01. The van der Waals surface area contributed by atoms with Crippen LogP contribution in [0.4, 0.5) is 0 Å². The molecular weight excluding hydrogens is 248 g/mol. The van der Waals surface area contributed by atoms with E-state index in [2.05, 4.69) is 60.0 Å². The number of hydrogen-bond donors (Lipinski definition) is 2. The van der Waals surface area contributed by atoms with Crippen molar-refractivity contribution in [2.45, 2.75) is 26.3 Å². The van der Waals surface area contributed by atoms with Crippen LogP contribution < -0.4 is 10.6 Å². The minimum absolute atomic E-state index is 0.102. The Bertz CT molecular complexity index is 575. The van der Waals surface area contributed by atoms with Gasteiger partial charge in [-0.05, 0) is 30.2 Å². The molecule has 1 unspecified atom stereocenters. The molecule has 106 valence electrons. The summed E-state index contributed by atoms with van der Waals surface area (Å²) < 4.78 is 0. The Labute approximate surface area is 120 Å². The molecule has 1 atom stereocenters. The molecule has 0 saturated heterocycles. The van der Waals surface area contributed by atoms with Crippen molar-refractivity contribution in [2.75, 3.05) is 13.1 Å². The summed E-state index contributed by atoms with van der Waals surface area (Å²) in [5.41, 5.74) is 1.28. The molecule has 1 amide bonds. The predicted octanol–water partition coefficient (Wildman–Crippen LogP) is 3.02. The molecule has 0 aliphatic carbocycles. The van der Waals surface area contributed by atoms with Crippen LogP contribution in [0.1, 0.15) is 31.9 Å². The van der Waals surface area contributed by atoms with E-state index in [4.69, 9.17) is 0 Å². The van der Waals surface area contributed by atoms with Crippen molar-refractivity contribution in [3.8, 4) is 0 Å². The van der Waals surface area contributed by atoms with Gasteiger partial charge in [-0.15, -0.1) is 0 Å². The molecule has 0 aromatic heterocycles. The molecule has 0 spiro atoms. The Morgan fingerprint density at radius 2 is 1.90 bits per heavy atom. The fourth-order valence-corrected chi connectivity index (χ4v) is 2.43. The van der Waals surface area contributed by atoms with Gasteiger partial charge in [-0.25, -0.2) is 0 Å². The number of benzene rings is 2. The van der Waals surface area contributed by atoms with Crippen LogP contribution >= 0.6 is 0 Å². The zero-order chi connectivity index (χ0) is 14.4. The van der Waals surface area contributed by atoms with Gasteiger partial charge in [0.05, 0.1) is 0 Å². The van der Waals surface area contributed by atoms with Crippen LogP contribution in [0.15, 0.2) is 42.5 Å².